The maximum absolute atomic E-state index is 12.9. The standard InChI is InChI=1S/C18H26N6O2.CH2O2/c1-14-4-21-23(6-14)3-2-18(25)24-8-15-7-22(9-16-5-19-13-20-16)10-17(24)12-26-11-15;2-1-3/h4-6,13,15,17H,2-3,7-12H2,1H3,(H,19,20);1H,(H,2,3)/t15-,17-;/m0./s1. The van der Waals surface area contributed by atoms with E-state index in [9.17, 15) is 4.79 Å². The molecule has 4 heterocycles. The minimum atomic E-state index is -0.250. The molecule has 10 heteroatoms. The molecule has 0 saturated carbocycles. The molecule has 0 aromatic carbocycles. The summed E-state index contributed by atoms with van der Waals surface area (Å²) in [6, 6.07) is 0.109. The van der Waals surface area contributed by atoms with Crippen LogP contribution in [0.25, 0.3) is 0 Å². The van der Waals surface area contributed by atoms with E-state index in [0.29, 0.717) is 25.5 Å². The zero-order chi connectivity index (χ0) is 20.6. The van der Waals surface area contributed by atoms with Crippen molar-refractivity contribution in [3.8, 4) is 0 Å². The van der Waals surface area contributed by atoms with E-state index in [1.165, 1.54) is 0 Å². The third-order valence-corrected chi connectivity index (χ3v) is 5.13. The molecule has 0 aliphatic carbocycles. The second-order valence-corrected chi connectivity index (χ2v) is 7.51. The van der Waals surface area contributed by atoms with Crippen molar-refractivity contribution in [2.24, 2.45) is 5.92 Å². The lowest BCUT2D eigenvalue weighted by molar-refractivity contribution is -0.134. The fourth-order valence-electron chi connectivity index (χ4n) is 3.93. The first-order valence-electron chi connectivity index (χ1n) is 9.72. The number of carbonyl (C=O) groups is 2. The van der Waals surface area contributed by atoms with Gasteiger partial charge in [0.15, 0.2) is 0 Å². The van der Waals surface area contributed by atoms with Gasteiger partial charge in [-0.3, -0.25) is 19.2 Å². The fraction of sp³-hybridized carbons (Fsp3) is 0.579. The number of carboxylic acid groups (broad SMARTS) is 1. The lowest BCUT2D eigenvalue weighted by Gasteiger charge is -2.31. The number of aryl methyl sites for hydroxylation is 2. The van der Waals surface area contributed by atoms with Crippen LogP contribution in [-0.4, -0.2) is 85.9 Å². The summed E-state index contributed by atoms with van der Waals surface area (Å²) in [4.78, 5) is 33.0. The predicted octanol–water partition coefficient (Wildman–Crippen LogP) is 0.365. The van der Waals surface area contributed by atoms with Crippen molar-refractivity contribution >= 4 is 12.4 Å². The third-order valence-electron chi connectivity index (χ3n) is 5.13. The molecule has 158 valence electrons. The largest absolute Gasteiger partial charge is 0.483 e. The van der Waals surface area contributed by atoms with Crippen molar-refractivity contribution in [1.82, 2.24) is 29.5 Å². The molecule has 0 radical (unpaired) electrons. The summed E-state index contributed by atoms with van der Waals surface area (Å²) in [7, 11) is 0. The summed E-state index contributed by atoms with van der Waals surface area (Å²) in [6.07, 6.45) is 7.86. The van der Waals surface area contributed by atoms with Crippen molar-refractivity contribution in [2.75, 3.05) is 32.8 Å². The van der Waals surface area contributed by atoms with E-state index in [4.69, 9.17) is 14.6 Å². The number of nitrogens with one attached hydrogen (secondary N) is 1. The maximum atomic E-state index is 12.9. The maximum Gasteiger partial charge on any atom is 0.290 e. The first kappa shape index (κ1) is 21.0. The van der Waals surface area contributed by atoms with Crippen molar-refractivity contribution < 1.29 is 19.4 Å². The van der Waals surface area contributed by atoms with Crippen molar-refractivity contribution in [2.45, 2.75) is 32.5 Å². The van der Waals surface area contributed by atoms with Crippen LogP contribution in [-0.2, 0) is 27.4 Å². The Morgan fingerprint density at radius 1 is 1.34 bits per heavy atom. The molecule has 2 aromatic rings. The molecular formula is C19H28N6O4. The molecule has 2 bridgehead atoms. The number of rotatable bonds is 5. The van der Waals surface area contributed by atoms with Gasteiger partial charge >= 0.3 is 0 Å². The lowest BCUT2D eigenvalue weighted by Crippen LogP contribution is -2.46. The Hall–Kier alpha value is -2.72. The lowest BCUT2D eigenvalue weighted by atomic mass is 10.1. The summed E-state index contributed by atoms with van der Waals surface area (Å²) >= 11 is 0. The number of hydrogen-bond donors (Lipinski definition) is 2. The number of ether oxygens (including phenoxy) is 1. The van der Waals surface area contributed by atoms with Crippen LogP contribution >= 0.6 is 0 Å². The number of amides is 1. The molecule has 2 N–H and O–H groups in total. The average Bonchev–Trinajstić information content (AvgIpc) is 3.24. The van der Waals surface area contributed by atoms with Crippen LogP contribution in [0.15, 0.2) is 24.9 Å². The minimum Gasteiger partial charge on any atom is -0.483 e. The van der Waals surface area contributed by atoms with Gasteiger partial charge in [-0.05, 0) is 12.5 Å². The SMILES string of the molecule is Cc1cnn(CCC(=O)N2C[C@H]3COC[C@@H]2CN(Cc2cnc[nH]2)C3)c1.O=CO. The summed E-state index contributed by atoms with van der Waals surface area (Å²) in [6.45, 7) is 7.11. The van der Waals surface area contributed by atoms with Crippen molar-refractivity contribution in [3.63, 3.8) is 0 Å². The molecule has 4 rings (SSSR count). The van der Waals surface area contributed by atoms with Crippen molar-refractivity contribution in [3.05, 3.63) is 36.2 Å². The molecule has 2 atom stereocenters. The van der Waals surface area contributed by atoms with Crippen LogP contribution in [0.5, 0.6) is 0 Å². The first-order valence-corrected chi connectivity index (χ1v) is 9.72. The van der Waals surface area contributed by atoms with E-state index in [1.54, 1.807) is 6.33 Å². The molecular weight excluding hydrogens is 376 g/mol. The Morgan fingerprint density at radius 3 is 2.86 bits per heavy atom. The number of fused-ring (bicyclic) bond motifs is 3. The van der Waals surface area contributed by atoms with Gasteiger partial charge in [-0.2, -0.15) is 5.10 Å². The van der Waals surface area contributed by atoms with E-state index in [-0.39, 0.29) is 18.4 Å². The zero-order valence-electron chi connectivity index (χ0n) is 16.6. The Balaban J connectivity index is 0.000000755. The summed E-state index contributed by atoms with van der Waals surface area (Å²) in [5.74, 6) is 0.545. The summed E-state index contributed by atoms with van der Waals surface area (Å²) in [5, 5.41) is 11.2. The molecule has 2 aromatic heterocycles. The quantitative estimate of drug-likeness (QED) is 0.691. The van der Waals surface area contributed by atoms with Crippen LogP contribution in [0.4, 0.5) is 0 Å². The molecule has 29 heavy (non-hydrogen) atoms. The number of nitrogens with zero attached hydrogens (tertiary/aromatic N) is 5. The van der Waals surface area contributed by atoms with E-state index in [1.807, 2.05) is 35.1 Å². The number of H-pyrrole nitrogens is 1. The number of imidazole rings is 1. The van der Waals surface area contributed by atoms with E-state index >= 15 is 0 Å². The highest BCUT2D eigenvalue weighted by molar-refractivity contribution is 5.76. The van der Waals surface area contributed by atoms with E-state index < -0.39 is 0 Å². The monoisotopic (exact) mass is 404 g/mol. The second-order valence-electron chi connectivity index (χ2n) is 7.51. The zero-order valence-corrected chi connectivity index (χ0v) is 16.6. The number of hydrogen-bond acceptors (Lipinski definition) is 6. The number of carbonyl (C=O) groups excluding carboxylic acids is 1. The van der Waals surface area contributed by atoms with Crippen LogP contribution in [0, 0.1) is 12.8 Å². The highest BCUT2D eigenvalue weighted by Crippen LogP contribution is 2.21. The molecule has 1 amide bonds. The molecule has 10 nitrogen and oxygen atoms in total. The first-order chi connectivity index (χ1) is 14.1. The van der Waals surface area contributed by atoms with Gasteiger partial charge in [0, 0.05) is 63.2 Å². The summed E-state index contributed by atoms with van der Waals surface area (Å²) in [5.41, 5.74) is 2.23. The van der Waals surface area contributed by atoms with Crippen LogP contribution in [0.2, 0.25) is 0 Å². The smallest absolute Gasteiger partial charge is 0.290 e. The Kier molecular flexibility index (Phi) is 7.36. The fourth-order valence-corrected chi connectivity index (χ4v) is 3.93. The average molecular weight is 404 g/mol. The molecule has 2 aliphatic rings. The van der Waals surface area contributed by atoms with Gasteiger partial charge in [-0.1, -0.05) is 0 Å². The Labute approximate surface area is 169 Å². The van der Waals surface area contributed by atoms with Gasteiger partial charge in [0.25, 0.3) is 6.47 Å². The van der Waals surface area contributed by atoms with E-state index in [2.05, 4.69) is 20.0 Å². The minimum absolute atomic E-state index is 0.109. The van der Waals surface area contributed by atoms with Crippen LogP contribution < -0.4 is 0 Å². The Bertz CT molecular complexity index is 778. The van der Waals surface area contributed by atoms with Crippen molar-refractivity contribution in [1.29, 1.82) is 0 Å². The van der Waals surface area contributed by atoms with Gasteiger partial charge < -0.3 is 19.7 Å². The second kappa shape index (κ2) is 10.2. The predicted molar refractivity (Wildman–Crippen MR) is 104 cm³/mol. The van der Waals surface area contributed by atoms with Gasteiger partial charge in [-0.15, -0.1) is 0 Å². The molecule has 2 fully saturated rings. The molecule has 2 aliphatic heterocycles. The Morgan fingerprint density at radius 2 is 2.17 bits per heavy atom. The number of aromatic nitrogens is 4. The van der Waals surface area contributed by atoms with Gasteiger partial charge in [-0.25, -0.2) is 4.98 Å². The molecule has 2 saturated heterocycles. The highest BCUT2D eigenvalue weighted by atomic mass is 16.5. The van der Waals surface area contributed by atoms with Gasteiger partial charge in [0.2, 0.25) is 5.91 Å². The normalized spacial score (nSPS) is 21.8. The molecule has 0 unspecified atom stereocenters. The van der Waals surface area contributed by atoms with Gasteiger partial charge in [0.05, 0.1) is 31.8 Å². The van der Waals surface area contributed by atoms with Crippen LogP contribution in [0.3, 0.4) is 0 Å². The van der Waals surface area contributed by atoms with Gasteiger partial charge in [0.1, 0.15) is 0 Å². The van der Waals surface area contributed by atoms with Crippen LogP contribution in [0.1, 0.15) is 17.7 Å². The highest BCUT2D eigenvalue weighted by Gasteiger charge is 2.35. The topological polar surface area (TPSA) is 117 Å². The summed E-state index contributed by atoms with van der Waals surface area (Å²) < 4.78 is 7.68. The molecule has 0 spiro atoms. The number of aromatic amines is 1. The third kappa shape index (κ3) is 5.88. The van der Waals surface area contributed by atoms with E-state index in [0.717, 1.165) is 44.0 Å².